The van der Waals surface area contributed by atoms with Gasteiger partial charge in [0.25, 0.3) is 5.91 Å². The number of rotatable bonds is 8. The van der Waals surface area contributed by atoms with E-state index in [0.717, 1.165) is 12.5 Å². The minimum Gasteiger partial charge on any atom is -0.356 e. The van der Waals surface area contributed by atoms with Crippen molar-refractivity contribution in [2.24, 2.45) is 4.99 Å². The van der Waals surface area contributed by atoms with Gasteiger partial charge in [0.1, 0.15) is 5.54 Å². The van der Waals surface area contributed by atoms with Crippen LogP contribution in [0.4, 0.5) is 4.79 Å². The van der Waals surface area contributed by atoms with Gasteiger partial charge in [-0.15, -0.1) is 0 Å². The van der Waals surface area contributed by atoms with Gasteiger partial charge in [-0.2, -0.15) is 0 Å². The van der Waals surface area contributed by atoms with Gasteiger partial charge in [-0.1, -0.05) is 50.1 Å². The number of nitrogens with one attached hydrogen (secondary N) is 3. The van der Waals surface area contributed by atoms with Gasteiger partial charge in [0.05, 0.1) is 0 Å². The van der Waals surface area contributed by atoms with Gasteiger partial charge in [0.2, 0.25) is 0 Å². The minimum absolute atomic E-state index is 0.136. The van der Waals surface area contributed by atoms with E-state index in [2.05, 4.69) is 51.3 Å². The largest absolute Gasteiger partial charge is 0.356 e. The molecular weight excluding hydrogens is 378 g/mol. The molecule has 1 aromatic rings. The number of benzene rings is 1. The summed E-state index contributed by atoms with van der Waals surface area (Å²) >= 11 is 0. The molecule has 1 saturated carbocycles. The Labute approximate surface area is 179 Å². The Morgan fingerprint density at radius 1 is 1.17 bits per heavy atom. The van der Waals surface area contributed by atoms with Crippen LogP contribution >= 0.6 is 0 Å². The van der Waals surface area contributed by atoms with Crippen molar-refractivity contribution in [3.63, 3.8) is 0 Å². The van der Waals surface area contributed by atoms with Crippen LogP contribution in [0.25, 0.3) is 0 Å². The molecule has 30 heavy (non-hydrogen) atoms. The second kappa shape index (κ2) is 9.49. The summed E-state index contributed by atoms with van der Waals surface area (Å²) in [5.74, 6) is 0.622. The Hall–Kier alpha value is -2.57. The molecule has 1 atom stereocenters. The predicted molar refractivity (Wildman–Crippen MR) is 120 cm³/mol. The summed E-state index contributed by atoms with van der Waals surface area (Å²) in [6, 6.07) is 10.5. The van der Waals surface area contributed by atoms with Gasteiger partial charge in [-0.3, -0.25) is 14.7 Å². The average Bonchev–Trinajstić information content (AvgIpc) is 3.33. The first-order chi connectivity index (χ1) is 14.4. The molecule has 7 nitrogen and oxygen atoms in total. The summed E-state index contributed by atoms with van der Waals surface area (Å²) < 4.78 is 0. The molecule has 1 aliphatic carbocycles. The van der Waals surface area contributed by atoms with Crippen molar-refractivity contribution in [1.29, 1.82) is 0 Å². The Balaban J connectivity index is 1.47. The Morgan fingerprint density at radius 3 is 2.47 bits per heavy atom. The van der Waals surface area contributed by atoms with E-state index in [1.807, 2.05) is 6.92 Å². The van der Waals surface area contributed by atoms with Crippen molar-refractivity contribution in [3.8, 4) is 0 Å². The quantitative estimate of drug-likeness (QED) is 0.265. The molecule has 7 heteroatoms. The van der Waals surface area contributed by atoms with Gasteiger partial charge in [0, 0.05) is 32.1 Å². The molecule has 0 spiro atoms. The second-order valence-corrected chi connectivity index (χ2v) is 8.63. The fraction of sp³-hybridized carbons (Fsp3) is 0.609. The Morgan fingerprint density at radius 2 is 1.87 bits per heavy atom. The number of carbonyl (C=O) groups is 2. The Kier molecular flexibility index (Phi) is 7.00. The van der Waals surface area contributed by atoms with Gasteiger partial charge in [-0.05, 0) is 38.2 Å². The van der Waals surface area contributed by atoms with Crippen molar-refractivity contribution in [2.75, 3.05) is 26.7 Å². The molecule has 2 fully saturated rings. The van der Waals surface area contributed by atoms with Crippen molar-refractivity contribution >= 4 is 17.9 Å². The summed E-state index contributed by atoms with van der Waals surface area (Å²) in [6.07, 6.45) is 6.14. The summed E-state index contributed by atoms with van der Waals surface area (Å²) in [7, 11) is 1.77. The summed E-state index contributed by atoms with van der Waals surface area (Å²) in [4.78, 5) is 30.2. The number of carbonyl (C=O) groups excluding carboxylic acids is 2. The highest BCUT2D eigenvalue weighted by Crippen LogP contribution is 2.40. The number of urea groups is 1. The second-order valence-electron chi connectivity index (χ2n) is 8.63. The van der Waals surface area contributed by atoms with Crippen molar-refractivity contribution in [2.45, 2.75) is 63.3 Å². The molecule has 164 valence electrons. The number of hydrogen-bond acceptors (Lipinski definition) is 3. The fourth-order valence-corrected chi connectivity index (χ4v) is 4.52. The summed E-state index contributed by atoms with van der Waals surface area (Å²) in [6.45, 7) is 5.57. The first-order valence-corrected chi connectivity index (χ1v) is 11.1. The first kappa shape index (κ1) is 22.1. The molecule has 1 saturated heterocycles. The van der Waals surface area contributed by atoms with E-state index in [9.17, 15) is 9.59 Å². The maximum absolute atomic E-state index is 12.5. The number of amides is 3. The zero-order valence-electron chi connectivity index (χ0n) is 18.5. The zero-order chi connectivity index (χ0) is 21.6. The number of imide groups is 1. The van der Waals surface area contributed by atoms with E-state index < -0.39 is 5.54 Å². The lowest BCUT2D eigenvalue weighted by molar-refractivity contribution is -0.130. The number of aliphatic imine (C=N–C) groups is 1. The van der Waals surface area contributed by atoms with E-state index in [1.54, 1.807) is 14.0 Å². The summed E-state index contributed by atoms with van der Waals surface area (Å²) in [5, 5.41) is 9.61. The SMILES string of the molecule is CCC1(C)NC(=O)N(CCCNC(=NC)NCC2(c3ccccc3)CCCC2)C1=O. The van der Waals surface area contributed by atoms with Gasteiger partial charge >= 0.3 is 6.03 Å². The van der Waals surface area contributed by atoms with Gasteiger partial charge < -0.3 is 16.0 Å². The topological polar surface area (TPSA) is 85.8 Å². The van der Waals surface area contributed by atoms with Crippen LogP contribution in [0.15, 0.2) is 35.3 Å². The minimum atomic E-state index is -0.769. The molecular formula is C23H35N5O2. The molecule has 0 radical (unpaired) electrons. The Bertz CT molecular complexity index is 773. The lowest BCUT2D eigenvalue weighted by atomic mass is 9.79. The molecule has 1 unspecified atom stereocenters. The van der Waals surface area contributed by atoms with E-state index in [0.29, 0.717) is 25.9 Å². The first-order valence-electron chi connectivity index (χ1n) is 11.1. The fourth-order valence-electron chi connectivity index (χ4n) is 4.52. The normalized spacial score (nSPS) is 23.6. The maximum atomic E-state index is 12.5. The molecule has 0 aromatic heterocycles. The maximum Gasteiger partial charge on any atom is 0.325 e. The van der Waals surface area contributed by atoms with Crippen LogP contribution in [-0.4, -0.2) is 55.0 Å². The smallest absolute Gasteiger partial charge is 0.325 e. The molecule has 1 heterocycles. The van der Waals surface area contributed by atoms with Crippen LogP contribution < -0.4 is 16.0 Å². The number of nitrogens with zero attached hydrogens (tertiary/aromatic N) is 2. The van der Waals surface area contributed by atoms with Crippen LogP contribution in [0.1, 0.15) is 57.9 Å². The third-order valence-electron chi connectivity index (χ3n) is 6.67. The monoisotopic (exact) mass is 413 g/mol. The third-order valence-corrected chi connectivity index (χ3v) is 6.67. The molecule has 1 aliphatic heterocycles. The van der Waals surface area contributed by atoms with E-state index in [4.69, 9.17) is 0 Å². The van der Waals surface area contributed by atoms with Crippen molar-refractivity contribution in [1.82, 2.24) is 20.9 Å². The highest BCUT2D eigenvalue weighted by atomic mass is 16.2. The number of hydrogen-bond donors (Lipinski definition) is 3. The molecule has 3 N–H and O–H groups in total. The van der Waals surface area contributed by atoms with Crippen LogP contribution in [0.5, 0.6) is 0 Å². The zero-order valence-corrected chi connectivity index (χ0v) is 18.5. The average molecular weight is 414 g/mol. The number of guanidine groups is 1. The highest BCUT2D eigenvalue weighted by molar-refractivity contribution is 6.06. The lowest BCUT2D eigenvalue weighted by Gasteiger charge is -2.30. The van der Waals surface area contributed by atoms with E-state index in [-0.39, 0.29) is 17.4 Å². The summed E-state index contributed by atoms with van der Waals surface area (Å²) in [5.41, 5.74) is 0.779. The molecule has 2 aliphatic rings. The van der Waals surface area contributed by atoms with Crippen molar-refractivity contribution in [3.05, 3.63) is 35.9 Å². The predicted octanol–water partition coefficient (Wildman–Crippen LogP) is 2.77. The van der Waals surface area contributed by atoms with Crippen LogP contribution in [-0.2, 0) is 10.2 Å². The molecule has 1 aromatic carbocycles. The van der Waals surface area contributed by atoms with Crippen LogP contribution in [0.2, 0.25) is 0 Å². The molecule has 3 amide bonds. The highest BCUT2D eigenvalue weighted by Gasteiger charge is 2.46. The van der Waals surface area contributed by atoms with Gasteiger partial charge in [0.15, 0.2) is 5.96 Å². The van der Waals surface area contributed by atoms with Crippen LogP contribution in [0, 0.1) is 0 Å². The lowest BCUT2D eigenvalue weighted by Crippen LogP contribution is -2.45. The van der Waals surface area contributed by atoms with Crippen LogP contribution in [0.3, 0.4) is 0 Å². The van der Waals surface area contributed by atoms with Crippen molar-refractivity contribution < 1.29 is 9.59 Å². The van der Waals surface area contributed by atoms with E-state index in [1.165, 1.54) is 36.1 Å². The van der Waals surface area contributed by atoms with Gasteiger partial charge in [-0.25, -0.2) is 4.79 Å². The molecule has 0 bridgehead atoms. The third kappa shape index (κ3) is 4.60. The standard InChI is InChI=1S/C23H35N5O2/c1-4-22(2)19(29)28(21(30)27-22)16-10-15-25-20(24-3)26-17-23(13-8-9-14-23)18-11-6-5-7-12-18/h5-7,11-12H,4,8-10,13-17H2,1-3H3,(H,27,30)(H2,24,25,26). The molecule has 3 rings (SSSR count). The van der Waals surface area contributed by atoms with E-state index >= 15 is 0 Å².